The van der Waals surface area contributed by atoms with E-state index >= 15 is 0 Å². The number of carboxylic acids is 1. The number of nitrogens with one attached hydrogen (secondary N) is 1. The number of methoxy groups -OCH3 is 1. The number of carboxylic acid groups (broad SMARTS) is 1. The SMILES string of the molecule is CCSc1cccc(NCCCCCOC)c1C(=O)O. The molecule has 112 valence electrons. The average molecular weight is 297 g/mol. The average Bonchev–Trinajstić information content (AvgIpc) is 2.43. The van der Waals surface area contributed by atoms with E-state index in [9.17, 15) is 9.90 Å². The molecule has 1 aromatic rings. The molecule has 4 nitrogen and oxygen atoms in total. The monoisotopic (exact) mass is 297 g/mol. The second-order valence-electron chi connectivity index (χ2n) is 4.40. The number of hydrogen-bond donors (Lipinski definition) is 2. The molecular weight excluding hydrogens is 274 g/mol. The van der Waals surface area contributed by atoms with Crippen LogP contribution in [0.15, 0.2) is 23.1 Å². The number of aromatic carboxylic acids is 1. The highest BCUT2D eigenvalue weighted by molar-refractivity contribution is 7.99. The summed E-state index contributed by atoms with van der Waals surface area (Å²) in [6, 6.07) is 5.59. The Morgan fingerprint density at radius 3 is 2.80 bits per heavy atom. The Hall–Kier alpha value is -1.20. The van der Waals surface area contributed by atoms with Gasteiger partial charge in [0.1, 0.15) is 0 Å². The molecule has 0 aromatic heterocycles. The van der Waals surface area contributed by atoms with Gasteiger partial charge in [0, 0.05) is 30.8 Å². The number of thioether (sulfide) groups is 1. The first-order chi connectivity index (χ1) is 9.70. The third kappa shape index (κ3) is 5.43. The number of carbonyl (C=O) groups is 1. The van der Waals surface area contributed by atoms with Crippen LogP contribution in [0, 0.1) is 0 Å². The van der Waals surface area contributed by atoms with Crippen molar-refractivity contribution in [3.63, 3.8) is 0 Å². The Balaban J connectivity index is 2.60. The summed E-state index contributed by atoms with van der Waals surface area (Å²) in [5.74, 6) is -0.00997. The molecular formula is C15H23NO3S. The number of hydrogen-bond acceptors (Lipinski definition) is 4. The van der Waals surface area contributed by atoms with Crippen molar-refractivity contribution in [3.05, 3.63) is 23.8 Å². The maximum absolute atomic E-state index is 11.4. The Morgan fingerprint density at radius 2 is 2.15 bits per heavy atom. The molecule has 0 atom stereocenters. The maximum atomic E-state index is 11.4. The molecule has 20 heavy (non-hydrogen) atoms. The molecule has 0 radical (unpaired) electrons. The van der Waals surface area contributed by atoms with Crippen LogP contribution in [0.3, 0.4) is 0 Å². The van der Waals surface area contributed by atoms with Crippen LogP contribution in [-0.2, 0) is 4.74 Å². The normalized spacial score (nSPS) is 10.5. The van der Waals surface area contributed by atoms with E-state index in [1.165, 1.54) is 0 Å². The minimum atomic E-state index is -0.872. The van der Waals surface area contributed by atoms with Crippen molar-refractivity contribution >= 4 is 23.4 Å². The van der Waals surface area contributed by atoms with E-state index in [-0.39, 0.29) is 0 Å². The van der Waals surface area contributed by atoms with Crippen LogP contribution in [0.1, 0.15) is 36.5 Å². The van der Waals surface area contributed by atoms with E-state index in [1.54, 1.807) is 18.9 Å². The highest BCUT2D eigenvalue weighted by atomic mass is 32.2. The quantitative estimate of drug-likeness (QED) is 0.509. The van der Waals surface area contributed by atoms with Gasteiger partial charge in [-0.05, 0) is 37.1 Å². The third-order valence-corrected chi connectivity index (χ3v) is 3.82. The fourth-order valence-corrected chi connectivity index (χ4v) is 2.77. The molecule has 0 heterocycles. The van der Waals surface area contributed by atoms with Crippen molar-refractivity contribution in [1.29, 1.82) is 0 Å². The van der Waals surface area contributed by atoms with Gasteiger partial charge in [-0.15, -0.1) is 11.8 Å². The van der Waals surface area contributed by atoms with Crippen LogP contribution in [0.4, 0.5) is 5.69 Å². The maximum Gasteiger partial charge on any atom is 0.338 e. The number of benzene rings is 1. The van der Waals surface area contributed by atoms with E-state index in [1.807, 2.05) is 25.1 Å². The van der Waals surface area contributed by atoms with E-state index < -0.39 is 5.97 Å². The van der Waals surface area contributed by atoms with Gasteiger partial charge in [0.05, 0.1) is 5.56 Å². The lowest BCUT2D eigenvalue weighted by molar-refractivity contribution is 0.0694. The molecule has 2 N–H and O–H groups in total. The number of rotatable bonds is 10. The van der Waals surface area contributed by atoms with Gasteiger partial charge in [0.2, 0.25) is 0 Å². The molecule has 0 aliphatic rings. The van der Waals surface area contributed by atoms with Crippen LogP contribution in [0.5, 0.6) is 0 Å². The van der Waals surface area contributed by atoms with Gasteiger partial charge >= 0.3 is 5.97 Å². The van der Waals surface area contributed by atoms with Crippen molar-refractivity contribution in [2.45, 2.75) is 31.1 Å². The van der Waals surface area contributed by atoms with Gasteiger partial charge in [-0.1, -0.05) is 13.0 Å². The second kappa shape index (κ2) is 9.66. The van der Waals surface area contributed by atoms with Crippen molar-refractivity contribution in [3.8, 4) is 0 Å². The van der Waals surface area contributed by atoms with Crippen molar-refractivity contribution in [2.24, 2.45) is 0 Å². The zero-order valence-corrected chi connectivity index (χ0v) is 13.0. The van der Waals surface area contributed by atoms with Crippen molar-refractivity contribution in [2.75, 3.05) is 31.3 Å². The smallest absolute Gasteiger partial charge is 0.338 e. The molecule has 0 aliphatic carbocycles. The van der Waals surface area contributed by atoms with Crippen LogP contribution >= 0.6 is 11.8 Å². The predicted molar refractivity (Wildman–Crippen MR) is 84.0 cm³/mol. The van der Waals surface area contributed by atoms with E-state index in [0.717, 1.165) is 43.1 Å². The summed E-state index contributed by atoms with van der Waals surface area (Å²) in [7, 11) is 1.70. The number of anilines is 1. The standard InChI is InChI=1S/C15H23NO3S/c1-3-20-13-9-7-8-12(14(13)15(17)18)16-10-5-4-6-11-19-2/h7-9,16H,3-6,10-11H2,1-2H3,(H,17,18). The van der Waals surface area contributed by atoms with Gasteiger partial charge < -0.3 is 15.2 Å². The summed E-state index contributed by atoms with van der Waals surface area (Å²) in [5, 5.41) is 12.6. The van der Waals surface area contributed by atoms with Gasteiger partial charge in [-0.3, -0.25) is 0 Å². The molecule has 1 aromatic carbocycles. The molecule has 0 bridgehead atoms. The molecule has 0 saturated heterocycles. The van der Waals surface area contributed by atoms with Gasteiger partial charge in [-0.25, -0.2) is 4.79 Å². The minimum Gasteiger partial charge on any atom is -0.478 e. The molecule has 5 heteroatoms. The Labute approximate surface area is 124 Å². The first kappa shape index (κ1) is 16.9. The fraction of sp³-hybridized carbons (Fsp3) is 0.533. The summed E-state index contributed by atoms with van der Waals surface area (Å²) in [6.07, 6.45) is 3.12. The zero-order valence-electron chi connectivity index (χ0n) is 12.1. The molecule has 1 rings (SSSR count). The summed E-state index contributed by atoms with van der Waals surface area (Å²) in [5.41, 5.74) is 1.10. The fourth-order valence-electron chi connectivity index (χ4n) is 1.95. The molecule has 0 saturated carbocycles. The van der Waals surface area contributed by atoms with Crippen LogP contribution in [0.2, 0.25) is 0 Å². The van der Waals surface area contributed by atoms with Crippen LogP contribution in [-0.4, -0.2) is 37.1 Å². The zero-order chi connectivity index (χ0) is 14.8. The first-order valence-electron chi connectivity index (χ1n) is 6.92. The Kier molecular flexibility index (Phi) is 8.14. The number of ether oxygens (including phenoxy) is 1. The third-order valence-electron chi connectivity index (χ3n) is 2.88. The van der Waals surface area contributed by atoms with E-state index in [0.29, 0.717) is 11.3 Å². The summed E-state index contributed by atoms with van der Waals surface area (Å²) < 4.78 is 5.00. The van der Waals surface area contributed by atoms with Crippen molar-refractivity contribution in [1.82, 2.24) is 0 Å². The topological polar surface area (TPSA) is 58.6 Å². The number of unbranched alkanes of at least 4 members (excludes halogenated alkanes) is 2. The Morgan fingerprint density at radius 1 is 1.35 bits per heavy atom. The molecule has 0 aliphatic heterocycles. The first-order valence-corrected chi connectivity index (χ1v) is 7.91. The summed E-state index contributed by atoms with van der Waals surface area (Å²) in [4.78, 5) is 12.2. The summed E-state index contributed by atoms with van der Waals surface area (Å²) in [6.45, 7) is 3.58. The lowest BCUT2D eigenvalue weighted by Crippen LogP contribution is -2.09. The lowest BCUT2D eigenvalue weighted by atomic mass is 10.1. The highest BCUT2D eigenvalue weighted by Crippen LogP contribution is 2.28. The van der Waals surface area contributed by atoms with Gasteiger partial charge in [0.15, 0.2) is 0 Å². The molecule has 0 fully saturated rings. The minimum absolute atomic E-state index is 0.385. The molecule has 0 amide bonds. The largest absolute Gasteiger partial charge is 0.478 e. The van der Waals surface area contributed by atoms with Crippen LogP contribution in [0.25, 0.3) is 0 Å². The van der Waals surface area contributed by atoms with Crippen LogP contribution < -0.4 is 5.32 Å². The lowest BCUT2D eigenvalue weighted by Gasteiger charge is -2.12. The van der Waals surface area contributed by atoms with Crippen molar-refractivity contribution < 1.29 is 14.6 Å². The molecule has 0 spiro atoms. The van der Waals surface area contributed by atoms with Gasteiger partial charge in [0.25, 0.3) is 0 Å². The predicted octanol–water partition coefficient (Wildman–Crippen LogP) is 3.73. The van der Waals surface area contributed by atoms with E-state index in [4.69, 9.17) is 4.74 Å². The van der Waals surface area contributed by atoms with Gasteiger partial charge in [-0.2, -0.15) is 0 Å². The van der Waals surface area contributed by atoms with E-state index in [2.05, 4.69) is 5.32 Å². The second-order valence-corrected chi connectivity index (χ2v) is 5.70. The summed E-state index contributed by atoms with van der Waals surface area (Å²) >= 11 is 1.56. The Bertz CT molecular complexity index is 424. The molecule has 0 unspecified atom stereocenters. The highest BCUT2D eigenvalue weighted by Gasteiger charge is 2.14.